The summed E-state index contributed by atoms with van der Waals surface area (Å²) in [5.74, 6) is 0.0944. The first-order valence-corrected chi connectivity index (χ1v) is 5.47. The van der Waals surface area contributed by atoms with E-state index in [0.29, 0.717) is 6.04 Å². The van der Waals surface area contributed by atoms with Crippen LogP contribution >= 0.6 is 0 Å². The van der Waals surface area contributed by atoms with E-state index in [-0.39, 0.29) is 5.91 Å². The van der Waals surface area contributed by atoms with Gasteiger partial charge in [0, 0.05) is 13.0 Å². The first kappa shape index (κ1) is 15.0. The van der Waals surface area contributed by atoms with Gasteiger partial charge < -0.3 is 5.32 Å². The molecule has 0 heterocycles. The molecule has 0 aromatic rings. The number of nitrogens with one attached hydrogen (secondary N) is 1. The Morgan fingerprint density at radius 1 is 1.15 bits per heavy atom. The van der Waals surface area contributed by atoms with E-state index in [1.807, 2.05) is 13.8 Å². The molecule has 1 amide bonds. The van der Waals surface area contributed by atoms with Gasteiger partial charge in [-0.15, -0.1) is 0 Å². The van der Waals surface area contributed by atoms with Gasteiger partial charge in [0.2, 0.25) is 5.91 Å². The standard InChI is InChI=1S/C9H19NO.C2H6/c1-4-6-9(7-5-2)10-8(3)11;1-2/h9H,4-7H2,1-3H3,(H,10,11);1-2H3. The van der Waals surface area contributed by atoms with Gasteiger partial charge in [-0.05, 0) is 12.8 Å². The second-order valence-electron chi connectivity index (χ2n) is 2.97. The predicted octanol–water partition coefficient (Wildman–Crippen LogP) is 3.12. The lowest BCUT2D eigenvalue weighted by molar-refractivity contribution is -0.119. The number of carbonyl (C=O) groups excluding carboxylic acids is 1. The zero-order chi connectivity index (χ0) is 10.7. The molecule has 1 N–H and O–H groups in total. The maximum atomic E-state index is 10.7. The van der Waals surface area contributed by atoms with Crippen LogP contribution in [0.3, 0.4) is 0 Å². The van der Waals surface area contributed by atoms with Crippen molar-refractivity contribution in [3.05, 3.63) is 0 Å². The summed E-state index contributed by atoms with van der Waals surface area (Å²) in [5.41, 5.74) is 0. The molecule has 0 fully saturated rings. The molecule has 0 bridgehead atoms. The average Bonchev–Trinajstić information content (AvgIpc) is 2.08. The van der Waals surface area contributed by atoms with Crippen molar-refractivity contribution in [1.82, 2.24) is 5.32 Å². The van der Waals surface area contributed by atoms with E-state index in [1.165, 1.54) is 0 Å². The van der Waals surface area contributed by atoms with Crippen LogP contribution in [0.15, 0.2) is 0 Å². The Kier molecular flexibility index (Phi) is 13.2. The zero-order valence-corrected chi connectivity index (χ0v) is 9.81. The van der Waals surface area contributed by atoms with Crippen LogP contribution < -0.4 is 5.32 Å². The Morgan fingerprint density at radius 2 is 1.54 bits per heavy atom. The minimum absolute atomic E-state index is 0.0944. The van der Waals surface area contributed by atoms with E-state index in [2.05, 4.69) is 19.2 Å². The normalized spacial score (nSPS) is 9.08. The highest BCUT2D eigenvalue weighted by molar-refractivity contribution is 5.73. The topological polar surface area (TPSA) is 29.1 Å². The molecule has 2 heteroatoms. The maximum absolute atomic E-state index is 10.7. The summed E-state index contributed by atoms with van der Waals surface area (Å²) in [6.45, 7) is 9.87. The second-order valence-corrected chi connectivity index (χ2v) is 2.97. The quantitative estimate of drug-likeness (QED) is 0.704. The van der Waals surface area contributed by atoms with Gasteiger partial charge in [0.1, 0.15) is 0 Å². The van der Waals surface area contributed by atoms with Gasteiger partial charge in [-0.2, -0.15) is 0 Å². The van der Waals surface area contributed by atoms with E-state index in [1.54, 1.807) is 6.92 Å². The minimum atomic E-state index is 0.0944. The number of carbonyl (C=O) groups is 1. The Morgan fingerprint density at radius 3 is 1.77 bits per heavy atom. The Hall–Kier alpha value is -0.530. The summed E-state index contributed by atoms with van der Waals surface area (Å²) in [6, 6.07) is 0.405. The van der Waals surface area contributed by atoms with Crippen LogP contribution in [-0.2, 0) is 4.79 Å². The molecule has 0 aliphatic heterocycles. The first-order valence-electron chi connectivity index (χ1n) is 5.47. The summed E-state index contributed by atoms with van der Waals surface area (Å²) in [6.07, 6.45) is 4.50. The Balaban J connectivity index is 0. The fourth-order valence-corrected chi connectivity index (χ4v) is 1.27. The zero-order valence-electron chi connectivity index (χ0n) is 9.81. The third-order valence-corrected chi connectivity index (χ3v) is 1.68. The van der Waals surface area contributed by atoms with Gasteiger partial charge in [-0.3, -0.25) is 4.79 Å². The molecule has 0 spiro atoms. The van der Waals surface area contributed by atoms with Gasteiger partial charge >= 0.3 is 0 Å². The fraction of sp³-hybridized carbons (Fsp3) is 0.909. The lowest BCUT2D eigenvalue weighted by Crippen LogP contribution is -2.32. The lowest BCUT2D eigenvalue weighted by Gasteiger charge is -2.15. The largest absolute Gasteiger partial charge is 0.354 e. The molecule has 0 saturated carbocycles. The molecule has 0 radical (unpaired) electrons. The van der Waals surface area contributed by atoms with Crippen LogP contribution in [0.2, 0.25) is 0 Å². The molecule has 0 saturated heterocycles. The van der Waals surface area contributed by atoms with Crippen molar-refractivity contribution < 1.29 is 4.79 Å². The van der Waals surface area contributed by atoms with Crippen LogP contribution in [0.5, 0.6) is 0 Å². The SMILES string of the molecule is CC.CCCC(CCC)NC(C)=O. The molecule has 13 heavy (non-hydrogen) atoms. The monoisotopic (exact) mass is 187 g/mol. The van der Waals surface area contributed by atoms with Crippen LogP contribution in [0.4, 0.5) is 0 Å². The van der Waals surface area contributed by atoms with Crippen molar-refractivity contribution in [2.45, 2.75) is 66.3 Å². The smallest absolute Gasteiger partial charge is 0.217 e. The van der Waals surface area contributed by atoms with Crippen molar-refractivity contribution in [3.63, 3.8) is 0 Å². The summed E-state index contributed by atoms with van der Waals surface area (Å²) < 4.78 is 0. The van der Waals surface area contributed by atoms with Gasteiger partial charge in [-0.25, -0.2) is 0 Å². The van der Waals surface area contributed by atoms with E-state index in [9.17, 15) is 4.79 Å². The van der Waals surface area contributed by atoms with Gasteiger partial charge in [0.25, 0.3) is 0 Å². The Bertz CT molecular complexity index is 107. The second kappa shape index (κ2) is 11.5. The van der Waals surface area contributed by atoms with Crippen LogP contribution in [0.25, 0.3) is 0 Å². The van der Waals surface area contributed by atoms with E-state index in [0.717, 1.165) is 25.7 Å². The first-order chi connectivity index (χ1) is 6.20. The number of amides is 1. The maximum Gasteiger partial charge on any atom is 0.217 e. The van der Waals surface area contributed by atoms with Crippen LogP contribution in [0, 0.1) is 0 Å². The molecular weight excluding hydrogens is 162 g/mol. The van der Waals surface area contributed by atoms with Crippen molar-refractivity contribution in [2.24, 2.45) is 0 Å². The highest BCUT2D eigenvalue weighted by Gasteiger charge is 2.06. The summed E-state index contributed by atoms with van der Waals surface area (Å²) in [7, 11) is 0. The molecule has 0 rings (SSSR count). The molecule has 0 aromatic carbocycles. The van der Waals surface area contributed by atoms with Crippen LogP contribution in [-0.4, -0.2) is 11.9 Å². The molecule has 0 unspecified atom stereocenters. The predicted molar refractivity (Wildman–Crippen MR) is 58.8 cm³/mol. The van der Waals surface area contributed by atoms with Gasteiger partial charge in [-0.1, -0.05) is 40.5 Å². The highest BCUT2D eigenvalue weighted by Crippen LogP contribution is 2.03. The molecule has 0 atom stereocenters. The lowest BCUT2D eigenvalue weighted by atomic mass is 10.1. The van der Waals surface area contributed by atoms with Crippen molar-refractivity contribution in [1.29, 1.82) is 0 Å². The minimum Gasteiger partial charge on any atom is -0.354 e. The van der Waals surface area contributed by atoms with Gasteiger partial charge in [0.15, 0.2) is 0 Å². The fourth-order valence-electron chi connectivity index (χ4n) is 1.27. The van der Waals surface area contributed by atoms with Gasteiger partial charge in [0.05, 0.1) is 0 Å². The summed E-state index contributed by atoms with van der Waals surface area (Å²) in [4.78, 5) is 10.7. The van der Waals surface area contributed by atoms with E-state index >= 15 is 0 Å². The van der Waals surface area contributed by atoms with E-state index in [4.69, 9.17) is 0 Å². The van der Waals surface area contributed by atoms with Crippen molar-refractivity contribution in [3.8, 4) is 0 Å². The molecular formula is C11H25NO. The summed E-state index contributed by atoms with van der Waals surface area (Å²) in [5, 5.41) is 2.94. The van der Waals surface area contributed by atoms with Crippen molar-refractivity contribution >= 4 is 5.91 Å². The van der Waals surface area contributed by atoms with E-state index < -0.39 is 0 Å². The third-order valence-electron chi connectivity index (χ3n) is 1.68. The Labute approximate surface area is 83.1 Å². The van der Waals surface area contributed by atoms with Crippen LogP contribution in [0.1, 0.15) is 60.3 Å². The van der Waals surface area contributed by atoms with Crippen molar-refractivity contribution in [2.75, 3.05) is 0 Å². The average molecular weight is 187 g/mol. The molecule has 2 nitrogen and oxygen atoms in total. The number of rotatable bonds is 5. The molecule has 80 valence electrons. The summed E-state index contributed by atoms with van der Waals surface area (Å²) >= 11 is 0. The molecule has 0 aromatic heterocycles. The third kappa shape index (κ3) is 11.5. The molecule has 0 aliphatic rings. The number of hydrogen-bond acceptors (Lipinski definition) is 1. The molecule has 0 aliphatic carbocycles. The number of hydrogen-bond donors (Lipinski definition) is 1. The highest BCUT2D eigenvalue weighted by atomic mass is 16.1.